The van der Waals surface area contributed by atoms with Crippen molar-refractivity contribution >= 4 is 5.91 Å². The Hall–Kier alpha value is -0.870. The number of rotatable bonds is 5. The maximum absolute atomic E-state index is 12.2. The van der Waals surface area contributed by atoms with E-state index >= 15 is 0 Å². The Kier molecular flexibility index (Phi) is 4.50. The molecule has 0 aromatic rings. The predicted molar refractivity (Wildman–Crippen MR) is 64.0 cm³/mol. The van der Waals surface area contributed by atoms with Crippen molar-refractivity contribution in [2.45, 2.75) is 25.8 Å². The molecule has 2 atom stereocenters. The maximum atomic E-state index is 12.2. The summed E-state index contributed by atoms with van der Waals surface area (Å²) in [6.45, 7) is 7.20. The van der Waals surface area contributed by atoms with Crippen LogP contribution >= 0.6 is 0 Å². The lowest BCUT2D eigenvalue weighted by Crippen LogP contribution is -2.50. The van der Waals surface area contributed by atoms with Gasteiger partial charge in [-0.2, -0.15) is 0 Å². The van der Waals surface area contributed by atoms with E-state index < -0.39 is 5.41 Å². The Morgan fingerprint density at radius 2 is 2.44 bits per heavy atom. The first-order valence-corrected chi connectivity index (χ1v) is 5.72. The summed E-state index contributed by atoms with van der Waals surface area (Å²) in [5.74, 6) is 0.0848. The second-order valence-corrected chi connectivity index (χ2v) is 4.70. The van der Waals surface area contributed by atoms with Crippen LogP contribution in [-0.2, 0) is 9.53 Å². The molecule has 4 nitrogen and oxygen atoms in total. The maximum Gasteiger partial charge on any atom is 0.232 e. The molecule has 1 fully saturated rings. The second kappa shape index (κ2) is 5.46. The molecule has 2 unspecified atom stereocenters. The molecule has 2 N–H and O–H groups in total. The van der Waals surface area contributed by atoms with Gasteiger partial charge in [0.1, 0.15) is 0 Å². The molecule has 92 valence electrons. The summed E-state index contributed by atoms with van der Waals surface area (Å²) < 4.78 is 5.28. The van der Waals surface area contributed by atoms with Crippen LogP contribution in [-0.4, -0.2) is 43.7 Å². The first kappa shape index (κ1) is 13.2. The molecule has 1 amide bonds. The normalized spacial score (nSPS) is 29.1. The van der Waals surface area contributed by atoms with Gasteiger partial charge < -0.3 is 15.4 Å². The zero-order chi connectivity index (χ0) is 12.2. The van der Waals surface area contributed by atoms with E-state index in [9.17, 15) is 4.79 Å². The summed E-state index contributed by atoms with van der Waals surface area (Å²) in [5, 5.41) is 0. The molecule has 0 spiro atoms. The molecular weight excluding hydrogens is 204 g/mol. The highest BCUT2D eigenvalue weighted by atomic mass is 16.5. The standard InChI is InChI=1S/C12H22N2O2/c1-4-5-6-7-14(3)11(15)12(2)9-16-8-10(12)13/h4,10H,1,5-9,13H2,2-3H3. The van der Waals surface area contributed by atoms with Crippen molar-refractivity contribution in [3.63, 3.8) is 0 Å². The van der Waals surface area contributed by atoms with E-state index in [2.05, 4.69) is 6.58 Å². The highest BCUT2D eigenvalue weighted by molar-refractivity contribution is 5.83. The number of hydrogen-bond donors (Lipinski definition) is 1. The molecule has 16 heavy (non-hydrogen) atoms. The van der Waals surface area contributed by atoms with Crippen molar-refractivity contribution in [1.29, 1.82) is 0 Å². The average Bonchev–Trinajstić information content (AvgIpc) is 2.59. The molecule has 1 heterocycles. The van der Waals surface area contributed by atoms with Gasteiger partial charge in [-0.25, -0.2) is 0 Å². The fourth-order valence-electron chi connectivity index (χ4n) is 1.92. The van der Waals surface area contributed by atoms with Crippen molar-refractivity contribution in [3.8, 4) is 0 Å². The van der Waals surface area contributed by atoms with Gasteiger partial charge in [0.15, 0.2) is 0 Å². The minimum Gasteiger partial charge on any atom is -0.379 e. The smallest absolute Gasteiger partial charge is 0.232 e. The first-order chi connectivity index (χ1) is 7.52. The number of carbonyl (C=O) groups excluding carboxylic acids is 1. The van der Waals surface area contributed by atoms with Gasteiger partial charge in [0.2, 0.25) is 5.91 Å². The Bertz CT molecular complexity index is 268. The van der Waals surface area contributed by atoms with Crippen LogP contribution in [0, 0.1) is 5.41 Å². The highest BCUT2D eigenvalue weighted by Crippen LogP contribution is 2.29. The largest absolute Gasteiger partial charge is 0.379 e. The van der Waals surface area contributed by atoms with E-state index in [1.807, 2.05) is 20.0 Å². The van der Waals surface area contributed by atoms with Gasteiger partial charge in [-0.15, -0.1) is 6.58 Å². The van der Waals surface area contributed by atoms with E-state index in [1.165, 1.54) is 0 Å². The van der Waals surface area contributed by atoms with Gasteiger partial charge >= 0.3 is 0 Å². The van der Waals surface area contributed by atoms with Crippen molar-refractivity contribution in [2.24, 2.45) is 11.1 Å². The van der Waals surface area contributed by atoms with Crippen LogP contribution in [0.3, 0.4) is 0 Å². The Morgan fingerprint density at radius 1 is 1.75 bits per heavy atom. The second-order valence-electron chi connectivity index (χ2n) is 4.70. The number of ether oxygens (including phenoxy) is 1. The van der Waals surface area contributed by atoms with Gasteiger partial charge in [0, 0.05) is 19.6 Å². The van der Waals surface area contributed by atoms with E-state index in [-0.39, 0.29) is 11.9 Å². The molecular formula is C12H22N2O2. The molecule has 0 bridgehead atoms. The lowest BCUT2D eigenvalue weighted by atomic mass is 9.84. The molecule has 4 heteroatoms. The van der Waals surface area contributed by atoms with E-state index in [1.54, 1.807) is 4.90 Å². The van der Waals surface area contributed by atoms with E-state index in [0.29, 0.717) is 13.2 Å². The summed E-state index contributed by atoms with van der Waals surface area (Å²) >= 11 is 0. The number of amides is 1. The minimum absolute atomic E-state index is 0.0848. The van der Waals surface area contributed by atoms with Crippen LogP contribution in [0.5, 0.6) is 0 Å². The first-order valence-electron chi connectivity index (χ1n) is 5.72. The van der Waals surface area contributed by atoms with Gasteiger partial charge in [-0.3, -0.25) is 4.79 Å². The number of unbranched alkanes of at least 4 members (excludes halogenated alkanes) is 1. The van der Waals surface area contributed by atoms with Crippen molar-refractivity contribution in [2.75, 3.05) is 26.8 Å². The molecule has 0 aromatic carbocycles. The summed E-state index contributed by atoms with van der Waals surface area (Å²) in [6.07, 6.45) is 3.74. The quantitative estimate of drug-likeness (QED) is 0.556. The number of carbonyl (C=O) groups is 1. The average molecular weight is 226 g/mol. The lowest BCUT2D eigenvalue weighted by Gasteiger charge is -2.30. The van der Waals surface area contributed by atoms with Gasteiger partial charge in [0.05, 0.1) is 18.6 Å². The van der Waals surface area contributed by atoms with Crippen LogP contribution in [0.2, 0.25) is 0 Å². The molecule has 1 aliphatic heterocycles. The fraction of sp³-hybridized carbons (Fsp3) is 0.750. The Labute approximate surface area is 97.4 Å². The molecule has 0 saturated carbocycles. The predicted octanol–water partition coefficient (Wildman–Crippen LogP) is 0.775. The fourth-order valence-corrected chi connectivity index (χ4v) is 1.92. The summed E-state index contributed by atoms with van der Waals surface area (Å²) in [7, 11) is 1.82. The minimum atomic E-state index is -0.553. The number of hydrogen-bond acceptors (Lipinski definition) is 3. The number of nitrogens with two attached hydrogens (primary N) is 1. The van der Waals surface area contributed by atoms with E-state index in [0.717, 1.165) is 19.4 Å². The lowest BCUT2D eigenvalue weighted by molar-refractivity contribution is -0.140. The number of allylic oxidation sites excluding steroid dienone is 1. The molecule has 1 rings (SSSR count). The molecule has 0 radical (unpaired) electrons. The number of nitrogens with zero attached hydrogens (tertiary/aromatic N) is 1. The van der Waals surface area contributed by atoms with Crippen LogP contribution < -0.4 is 5.73 Å². The Balaban J connectivity index is 2.52. The van der Waals surface area contributed by atoms with Crippen molar-refractivity contribution in [3.05, 3.63) is 12.7 Å². The summed E-state index contributed by atoms with van der Waals surface area (Å²) in [4.78, 5) is 14.0. The third-order valence-corrected chi connectivity index (χ3v) is 3.25. The molecule has 0 aromatic heterocycles. The van der Waals surface area contributed by atoms with Crippen LogP contribution in [0.4, 0.5) is 0 Å². The molecule has 1 saturated heterocycles. The van der Waals surface area contributed by atoms with Crippen molar-refractivity contribution < 1.29 is 9.53 Å². The van der Waals surface area contributed by atoms with Gasteiger partial charge in [-0.05, 0) is 19.8 Å². The molecule has 1 aliphatic rings. The topological polar surface area (TPSA) is 55.6 Å². The SMILES string of the molecule is C=CCCCN(C)C(=O)C1(C)COCC1N. The van der Waals surface area contributed by atoms with Gasteiger partial charge in [-0.1, -0.05) is 6.08 Å². The van der Waals surface area contributed by atoms with Crippen molar-refractivity contribution in [1.82, 2.24) is 4.90 Å². The van der Waals surface area contributed by atoms with Crippen LogP contribution in [0.25, 0.3) is 0 Å². The van der Waals surface area contributed by atoms with E-state index in [4.69, 9.17) is 10.5 Å². The zero-order valence-electron chi connectivity index (χ0n) is 10.2. The van der Waals surface area contributed by atoms with Crippen LogP contribution in [0.1, 0.15) is 19.8 Å². The summed E-state index contributed by atoms with van der Waals surface area (Å²) in [5.41, 5.74) is 5.37. The third kappa shape index (κ3) is 2.62. The zero-order valence-corrected chi connectivity index (χ0v) is 10.2. The summed E-state index contributed by atoms with van der Waals surface area (Å²) in [6, 6.07) is -0.193. The molecule has 0 aliphatic carbocycles. The highest BCUT2D eigenvalue weighted by Gasteiger charge is 2.45. The monoisotopic (exact) mass is 226 g/mol. The Morgan fingerprint density at radius 3 is 2.94 bits per heavy atom. The van der Waals surface area contributed by atoms with Crippen LogP contribution in [0.15, 0.2) is 12.7 Å². The third-order valence-electron chi connectivity index (χ3n) is 3.25. The van der Waals surface area contributed by atoms with Gasteiger partial charge in [0.25, 0.3) is 0 Å².